The van der Waals surface area contributed by atoms with E-state index in [-0.39, 0.29) is 6.10 Å². The average Bonchev–Trinajstić information content (AvgIpc) is 2.94. The van der Waals surface area contributed by atoms with Crippen LogP contribution in [0.25, 0.3) is 0 Å². The number of nitrogens with two attached hydrogens (primary N) is 1. The van der Waals surface area contributed by atoms with Crippen LogP contribution in [0.2, 0.25) is 0 Å². The van der Waals surface area contributed by atoms with E-state index < -0.39 is 5.54 Å². The Morgan fingerprint density at radius 3 is 2.78 bits per heavy atom. The van der Waals surface area contributed by atoms with Gasteiger partial charge >= 0.3 is 0 Å². The van der Waals surface area contributed by atoms with Gasteiger partial charge in [-0.15, -0.1) is 0 Å². The lowest BCUT2D eigenvalue weighted by Crippen LogP contribution is -2.29. The van der Waals surface area contributed by atoms with Crippen LogP contribution in [0.4, 0.5) is 0 Å². The van der Waals surface area contributed by atoms with Crippen molar-refractivity contribution in [3.63, 3.8) is 0 Å². The Bertz CT molecular complexity index is 547. The molecule has 0 saturated carbocycles. The number of ether oxygens (including phenoxy) is 1. The van der Waals surface area contributed by atoms with Crippen molar-refractivity contribution in [3.05, 3.63) is 41.5 Å². The number of hydrogen-bond acceptors (Lipinski definition) is 5. The molecule has 0 spiro atoms. The molecular formula is C13H15N3O2. The molecular weight excluding hydrogens is 230 g/mol. The monoisotopic (exact) mass is 245 g/mol. The van der Waals surface area contributed by atoms with Gasteiger partial charge in [0.15, 0.2) is 6.10 Å². The Labute approximate surface area is 105 Å². The zero-order valence-electron chi connectivity index (χ0n) is 10.4. The van der Waals surface area contributed by atoms with Gasteiger partial charge in [0.25, 0.3) is 0 Å². The third-order valence-corrected chi connectivity index (χ3v) is 2.93. The maximum atomic E-state index is 5.92. The van der Waals surface area contributed by atoms with E-state index >= 15 is 0 Å². The summed E-state index contributed by atoms with van der Waals surface area (Å²) in [5, 5.41) is 3.96. The van der Waals surface area contributed by atoms with Crippen molar-refractivity contribution in [2.24, 2.45) is 5.73 Å². The quantitative estimate of drug-likeness (QED) is 0.875. The molecule has 1 unspecified atom stereocenters. The Kier molecular flexibility index (Phi) is 2.38. The molecule has 0 amide bonds. The van der Waals surface area contributed by atoms with E-state index in [4.69, 9.17) is 15.0 Å². The van der Waals surface area contributed by atoms with Crippen molar-refractivity contribution in [2.45, 2.75) is 31.9 Å². The van der Waals surface area contributed by atoms with Gasteiger partial charge in [-0.2, -0.15) is 4.98 Å². The van der Waals surface area contributed by atoms with E-state index in [9.17, 15) is 0 Å². The minimum absolute atomic E-state index is 0.178. The maximum Gasteiger partial charge on any atom is 0.246 e. The molecule has 94 valence electrons. The molecule has 0 bridgehead atoms. The standard InChI is InChI=1S/C13H15N3O2/c1-13(2,14)12-15-11(16-18-12)10-7-8-5-3-4-6-9(8)17-10/h3-6,10H,7,14H2,1-2H3. The number of benzene rings is 1. The Morgan fingerprint density at radius 1 is 1.33 bits per heavy atom. The minimum atomic E-state index is -0.628. The normalized spacial score (nSPS) is 18.5. The summed E-state index contributed by atoms with van der Waals surface area (Å²) in [6.45, 7) is 3.66. The van der Waals surface area contributed by atoms with Gasteiger partial charge in [0.05, 0.1) is 5.54 Å². The summed E-state index contributed by atoms with van der Waals surface area (Å²) in [6.07, 6.45) is 0.586. The summed E-state index contributed by atoms with van der Waals surface area (Å²) in [5.41, 5.74) is 6.46. The van der Waals surface area contributed by atoms with E-state index in [2.05, 4.69) is 10.1 Å². The van der Waals surface area contributed by atoms with Gasteiger partial charge in [-0.3, -0.25) is 0 Å². The van der Waals surface area contributed by atoms with E-state index in [1.54, 1.807) is 0 Å². The second-order valence-electron chi connectivity index (χ2n) is 5.10. The highest BCUT2D eigenvalue weighted by molar-refractivity contribution is 5.37. The molecule has 2 aromatic rings. The maximum absolute atomic E-state index is 5.92. The lowest BCUT2D eigenvalue weighted by molar-refractivity contribution is 0.220. The molecule has 1 atom stereocenters. The molecule has 1 aliphatic heterocycles. The van der Waals surface area contributed by atoms with Crippen LogP contribution >= 0.6 is 0 Å². The highest BCUT2D eigenvalue weighted by Gasteiger charge is 2.30. The van der Waals surface area contributed by atoms with Crippen LogP contribution in [0.5, 0.6) is 5.75 Å². The molecule has 2 N–H and O–H groups in total. The Balaban J connectivity index is 1.85. The molecule has 0 fully saturated rings. The second kappa shape index (κ2) is 3.81. The largest absolute Gasteiger partial charge is 0.482 e. The number of rotatable bonds is 2. The van der Waals surface area contributed by atoms with Crippen LogP contribution in [0.3, 0.4) is 0 Å². The lowest BCUT2D eigenvalue weighted by Gasteiger charge is -2.11. The van der Waals surface area contributed by atoms with Crippen molar-refractivity contribution in [2.75, 3.05) is 0 Å². The van der Waals surface area contributed by atoms with E-state index in [0.29, 0.717) is 11.7 Å². The molecule has 1 aromatic heterocycles. The molecule has 2 heterocycles. The average molecular weight is 245 g/mol. The SMILES string of the molecule is CC(C)(N)c1nc(C2Cc3ccccc3O2)no1. The fourth-order valence-corrected chi connectivity index (χ4v) is 1.95. The fraction of sp³-hybridized carbons (Fsp3) is 0.385. The molecule has 0 radical (unpaired) electrons. The molecule has 1 aliphatic rings. The van der Waals surface area contributed by atoms with E-state index in [1.807, 2.05) is 38.1 Å². The summed E-state index contributed by atoms with van der Waals surface area (Å²) >= 11 is 0. The van der Waals surface area contributed by atoms with Crippen LogP contribution < -0.4 is 10.5 Å². The number of nitrogens with zero attached hydrogens (tertiary/aromatic N) is 2. The smallest absolute Gasteiger partial charge is 0.246 e. The first-order chi connectivity index (χ1) is 8.54. The zero-order valence-corrected chi connectivity index (χ0v) is 10.4. The molecule has 18 heavy (non-hydrogen) atoms. The van der Waals surface area contributed by atoms with Crippen LogP contribution in [0.15, 0.2) is 28.8 Å². The predicted molar refractivity (Wildman–Crippen MR) is 65.0 cm³/mol. The van der Waals surface area contributed by atoms with Crippen LogP contribution in [0, 0.1) is 0 Å². The summed E-state index contributed by atoms with van der Waals surface area (Å²) in [4.78, 5) is 4.32. The topological polar surface area (TPSA) is 74.2 Å². The third kappa shape index (κ3) is 1.86. The van der Waals surface area contributed by atoms with Gasteiger partial charge in [0, 0.05) is 6.42 Å². The van der Waals surface area contributed by atoms with Crippen molar-refractivity contribution < 1.29 is 9.26 Å². The number of para-hydroxylation sites is 1. The summed E-state index contributed by atoms with van der Waals surface area (Å²) in [6, 6.07) is 7.94. The molecule has 0 aliphatic carbocycles. The van der Waals surface area contributed by atoms with Gasteiger partial charge in [0.1, 0.15) is 5.75 Å². The Hall–Kier alpha value is -1.88. The zero-order chi connectivity index (χ0) is 12.8. The van der Waals surface area contributed by atoms with Crippen LogP contribution in [-0.4, -0.2) is 10.1 Å². The van der Waals surface area contributed by atoms with Crippen molar-refractivity contribution in [3.8, 4) is 5.75 Å². The number of fused-ring (bicyclic) bond motifs is 1. The highest BCUT2D eigenvalue weighted by Crippen LogP contribution is 2.35. The minimum Gasteiger partial charge on any atom is -0.482 e. The van der Waals surface area contributed by atoms with Crippen molar-refractivity contribution in [1.29, 1.82) is 0 Å². The van der Waals surface area contributed by atoms with Gasteiger partial charge in [-0.25, -0.2) is 0 Å². The number of hydrogen-bond donors (Lipinski definition) is 1. The first kappa shape index (κ1) is 11.2. The molecule has 5 nitrogen and oxygen atoms in total. The van der Waals surface area contributed by atoms with E-state index in [0.717, 1.165) is 12.2 Å². The molecule has 0 saturated heterocycles. The van der Waals surface area contributed by atoms with Crippen molar-refractivity contribution >= 4 is 0 Å². The van der Waals surface area contributed by atoms with Gasteiger partial charge in [-0.1, -0.05) is 23.4 Å². The van der Waals surface area contributed by atoms with Crippen LogP contribution in [0.1, 0.15) is 37.2 Å². The van der Waals surface area contributed by atoms with Gasteiger partial charge < -0.3 is 15.0 Å². The third-order valence-electron chi connectivity index (χ3n) is 2.93. The molecule has 5 heteroatoms. The first-order valence-corrected chi connectivity index (χ1v) is 5.91. The number of aromatic nitrogens is 2. The molecule has 1 aromatic carbocycles. The van der Waals surface area contributed by atoms with Crippen LogP contribution in [-0.2, 0) is 12.0 Å². The summed E-state index contributed by atoms with van der Waals surface area (Å²) in [5.74, 6) is 1.87. The summed E-state index contributed by atoms with van der Waals surface area (Å²) < 4.78 is 11.0. The van der Waals surface area contributed by atoms with Crippen molar-refractivity contribution in [1.82, 2.24) is 10.1 Å². The van der Waals surface area contributed by atoms with Gasteiger partial charge in [-0.05, 0) is 25.5 Å². The lowest BCUT2D eigenvalue weighted by atomic mass is 10.1. The second-order valence-corrected chi connectivity index (χ2v) is 5.10. The first-order valence-electron chi connectivity index (χ1n) is 5.91. The fourth-order valence-electron chi connectivity index (χ4n) is 1.95. The van der Waals surface area contributed by atoms with E-state index in [1.165, 1.54) is 5.56 Å². The Morgan fingerprint density at radius 2 is 2.11 bits per heavy atom. The summed E-state index contributed by atoms with van der Waals surface area (Å²) in [7, 11) is 0. The van der Waals surface area contributed by atoms with Gasteiger partial charge in [0.2, 0.25) is 11.7 Å². The molecule has 3 rings (SSSR count). The predicted octanol–water partition coefficient (Wildman–Crippen LogP) is 1.94. The highest BCUT2D eigenvalue weighted by atomic mass is 16.5.